The lowest BCUT2D eigenvalue weighted by molar-refractivity contribution is 0.551. The van der Waals surface area contributed by atoms with Crippen molar-refractivity contribution in [1.82, 2.24) is 15.3 Å². The second kappa shape index (κ2) is 8.15. The number of nitrogens with one attached hydrogen (secondary N) is 1. The Morgan fingerprint density at radius 3 is 2.52 bits per heavy atom. The van der Waals surface area contributed by atoms with Crippen molar-refractivity contribution in [3.8, 4) is 0 Å². The number of thioether (sulfide) groups is 1. The van der Waals surface area contributed by atoms with Gasteiger partial charge < -0.3 is 5.32 Å². The van der Waals surface area contributed by atoms with Gasteiger partial charge in [-0.15, -0.1) is 11.8 Å². The van der Waals surface area contributed by atoms with Gasteiger partial charge in [0.15, 0.2) is 0 Å². The van der Waals surface area contributed by atoms with Crippen molar-refractivity contribution in [3.05, 3.63) is 53.6 Å². The van der Waals surface area contributed by atoms with E-state index in [2.05, 4.69) is 60.3 Å². The maximum atomic E-state index is 4.45. The molecule has 0 spiro atoms. The summed E-state index contributed by atoms with van der Waals surface area (Å²) in [6, 6.07) is 8.41. The van der Waals surface area contributed by atoms with Crippen LogP contribution in [0, 0.1) is 12.8 Å². The molecule has 1 aromatic heterocycles. The summed E-state index contributed by atoms with van der Waals surface area (Å²) >= 11 is 1.79. The van der Waals surface area contributed by atoms with Gasteiger partial charge in [-0.05, 0) is 31.0 Å². The number of hydrogen-bond donors (Lipinski definition) is 1. The summed E-state index contributed by atoms with van der Waals surface area (Å²) in [5, 5.41) is 3.40. The number of aryl methyl sites for hydroxylation is 1. The summed E-state index contributed by atoms with van der Waals surface area (Å²) in [4.78, 5) is 10.2. The molecule has 112 valence electrons. The summed E-state index contributed by atoms with van der Waals surface area (Å²) in [7, 11) is 0. The highest BCUT2D eigenvalue weighted by Gasteiger charge is 2.02. The molecule has 0 aliphatic rings. The molecule has 4 heteroatoms. The van der Waals surface area contributed by atoms with E-state index >= 15 is 0 Å². The van der Waals surface area contributed by atoms with Crippen LogP contribution in [0.2, 0.25) is 0 Å². The van der Waals surface area contributed by atoms with Crippen LogP contribution < -0.4 is 5.32 Å². The van der Waals surface area contributed by atoms with Crippen LogP contribution in [0.15, 0.2) is 41.6 Å². The van der Waals surface area contributed by atoms with Crippen molar-refractivity contribution in [3.63, 3.8) is 0 Å². The van der Waals surface area contributed by atoms with Gasteiger partial charge in [-0.2, -0.15) is 0 Å². The van der Waals surface area contributed by atoms with E-state index in [9.17, 15) is 0 Å². The molecular formula is C17H23N3S. The quantitative estimate of drug-likeness (QED) is 0.789. The lowest BCUT2D eigenvalue weighted by Crippen LogP contribution is -2.19. The molecule has 0 saturated carbocycles. The molecule has 1 aromatic carbocycles. The zero-order valence-electron chi connectivity index (χ0n) is 13.0. The van der Waals surface area contributed by atoms with Gasteiger partial charge in [-0.3, -0.25) is 0 Å². The molecule has 0 unspecified atom stereocenters. The molecule has 0 saturated heterocycles. The van der Waals surface area contributed by atoms with Crippen molar-refractivity contribution in [1.29, 1.82) is 0 Å². The average Bonchev–Trinajstić information content (AvgIpc) is 2.47. The van der Waals surface area contributed by atoms with Crippen molar-refractivity contribution >= 4 is 11.8 Å². The molecule has 0 fully saturated rings. The first-order valence-corrected chi connectivity index (χ1v) is 8.32. The second-order valence-corrected chi connectivity index (χ2v) is 6.60. The SMILES string of the molecule is Cc1ccccc1SCc1ncc(CNCC(C)C)cn1. The minimum absolute atomic E-state index is 0.663. The molecule has 0 radical (unpaired) electrons. The predicted octanol–water partition coefficient (Wildman–Crippen LogP) is 3.82. The maximum Gasteiger partial charge on any atom is 0.138 e. The Morgan fingerprint density at radius 2 is 1.86 bits per heavy atom. The van der Waals surface area contributed by atoms with Crippen LogP contribution in [0.1, 0.15) is 30.8 Å². The van der Waals surface area contributed by atoms with Gasteiger partial charge >= 0.3 is 0 Å². The molecule has 0 aliphatic heterocycles. The summed E-state index contributed by atoms with van der Waals surface area (Å²) in [6.45, 7) is 8.39. The second-order valence-electron chi connectivity index (χ2n) is 5.59. The minimum atomic E-state index is 0.663. The van der Waals surface area contributed by atoms with Crippen molar-refractivity contribution in [2.75, 3.05) is 6.54 Å². The Hall–Kier alpha value is -1.39. The van der Waals surface area contributed by atoms with E-state index < -0.39 is 0 Å². The highest BCUT2D eigenvalue weighted by Crippen LogP contribution is 2.24. The fourth-order valence-electron chi connectivity index (χ4n) is 1.91. The van der Waals surface area contributed by atoms with Gasteiger partial charge in [-0.1, -0.05) is 32.0 Å². The molecule has 0 amide bonds. The van der Waals surface area contributed by atoms with Gasteiger partial charge in [0.2, 0.25) is 0 Å². The molecule has 1 heterocycles. The summed E-state index contributed by atoms with van der Waals surface area (Å²) < 4.78 is 0. The monoisotopic (exact) mass is 301 g/mol. The number of rotatable bonds is 7. The molecule has 3 nitrogen and oxygen atoms in total. The van der Waals surface area contributed by atoms with Gasteiger partial charge in [-0.25, -0.2) is 9.97 Å². The molecule has 21 heavy (non-hydrogen) atoms. The Kier molecular flexibility index (Phi) is 6.21. The van der Waals surface area contributed by atoms with E-state index in [-0.39, 0.29) is 0 Å². The number of hydrogen-bond acceptors (Lipinski definition) is 4. The fraction of sp³-hybridized carbons (Fsp3) is 0.412. The van der Waals surface area contributed by atoms with Crippen LogP contribution in [0.25, 0.3) is 0 Å². The van der Waals surface area contributed by atoms with Crippen molar-refractivity contribution in [2.24, 2.45) is 5.92 Å². The zero-order valence-corrected chi connectivity index (χ0v) is 13.8. The summed E-state index contributed by atoms with van der Waals surface area (Å²) in [5.74, 6) is 2.36. The van der Waals surface area contributed by atoms with Crippen molar-refractivity contribution < 1.29 is 0 Å². The molecule has 2 rings (SSSR count). The molecule has 1 N–H and O–H groups in total. The highest BCUT2D eigenvalue weighted by atomic mass is 32.2. The van der Waals surface area contributed by atoms with E-state index in [0.29, 0.717) is 5.92 Å². The van der Waals surface area contributed by atoms with Crippen LogP contribution >= 0.6 is 11.8 Å². The molecule has 0 aliphatic carbocycles. The van der Waals surface area contributed by atoms with Crippen LogP contribution in [-0.4, -0.2) is 16.5 Å². The van der Waals surface area contributed by atoms with Crippen LogP contribution in [0.3, 0.4) is 0 Å². The molecule has 0 bridgehead atoms. The smallest absolute Gasteiger partial charge is 0.138 e. The van der Waals surface area contributed by atoms with Crippen molar-refractivity contribution in [2.45, 2.75) is 38.0 Å². The van der Waals surface area contributed by atoms with E-state index in [4.69, 9.17) is 0 Å². The number of nitrogens with zero attached hydrogens (tertiary/aromatic N) is 2. The average molecular weight is 301 g/mol. The Bertz CT molecular complexity index is 552. The lowest BCUT2D eigenvalue weighted by atomic mass is 10.2. The third-order valence-corrected chi connectivity index (χ3v) is 4.26. The predicted molar refractivity (Wildman–Crippen MR) is 89.3 cm³/mol. The first-order chi connectivity index (χ1) is 10.1. The number of aromatic nitrogens is 2. The van der Waals surface area contributed by atoms with Crippen LogP contribution in [0.4, 0.5) is 0 Å². The first-order valence-electron chi connectivity index (χ1n) is 7.34. The van der Waals surface area contributed by atoms with Gasteiger partial charge in [0.1, 0.15) is 5.82 Å². The highest BCUT2D eigenvalue weighted by molar-refractivity contribution is 7.98. The molecule has 0 atom stereocenters. The summed E-state index contributed by atoms with van der Waals surface area (Å²) in [6.07, 6.45) is 3.85. The normalized spacial score (nSPS) is 11.0. The van der Waals surface area contributed by atoms with E-state index in [1.165, 1.54) is 10.5 Å². The van der Waals surface area contributed by atoms with E-state index in [0.717, 1.165) is 30.2 Å². The Morgan fingerprint density at radius 1 is 1.14 bits per heavy atom. The third kappa shape index (κ3) is 5.48. The van der Waals surface area contributed by atoms with Crippen LogP contribution in [-0.2, 0) is 12.3 Å². The first kappa shape index (κ1) is 16.0. The third-order valence-electron chi connectivity index (χ3n) is 3.09. The Labute approximate surface area is 131 Å². The molecular weight excluding hydrogens is 278 g/mol. The largest absolute Gasteiger partial charge is 0.312 e. The van der Waals surface area contributed by atoms with E-state index in [1.807, 2.05) is 12.4 Å². The topological polar surface area (TPSA) is 37.8 Å². The lowest BCUT2D eigenvalue weighted by Gasteiger charge is -2.07. The fourth-order valence-corrected chi connectivity index (χ4v) is 2.82. The summed E-state index contributed by atoms with van der Waals surface area (Å²) in [5.41, 5.74) is 2.44. The zero-order chi connectivity index (χ0) is 15.1. The van der Waals surface area contributed by atoms with Gasteiger partial charge in [0.25, 0.3) is 0 Å². The van der Waals surface area contributed by atoms with Crippen LogP contribution in [0.5, 0.6) is 0 Å². The standard InChI is InChI=1S/C17H23N3S/c1-13(2)8-18-9-15-10-19-17(20-11-15)12-21-16-7-5-4-6-14(16)3/h4-7,10-11,13,18H,8-9,12H2,1-3H3. The number of benzene rings is 1. The minimum Gasteiger partial charge on any atom is -0.312 e. The van der Waals surface area contributed by atoms with E-state index in [1.54, 1.807) is 11.8 Å². The maximum absolute atomic E-state index is 4.45. The van der Waals surface area contributed by atoms with Gasteiger partial charge in [0, 0.05) is 29.4 Å². The Balaban J connectivity index is 1.84. The molecule has 2 aromatic rings. The van der Waals surface area contributed by atoms with Gasteiger partial charge in [0.05, 0.1) is 5.75 Å².